The molecule has 22 heavy (non-hydrogen) atoms. The summed E-state index contributed by atoms with van der Waals surface area (Å²) in [6, 6.07) is 7.48. The van der Waals surface area contributed by atoms with E-state index in [4.69, 9.17) is 11.6 Å². The standard InChI is InChI=1S/C20H30ClN/c1-15-8-11-19(20(21)14-15)18-7-5-6-17(10-9-16(18)2)22-12-3-4-13-22/h8,11,14,16-18H,3-7,9-10,12-13H2,1-2H3. The van der Waals surface area contributed by atoms with Crippen molar-refractivity contribution in [1.29, 1.82) is 0 Å². The Labute approximate surface area is 141 Å². The predicted molar refractivity (Wildman–Crippen MR) is 95.8 cm³/mol. The third-order valence-corrected chi connectivity index (χ3v) is 6.23. The molecular formula is C20H30ClN. The Hall–Kier alpha value is -0.530. The number of rotatable bonds is 2. The van der Waals surface area contributed by atoms with Gasteiger partial charge in [-0.25, -0.2) is 0 Å². The van der Waals surface area contributed by atoms with Gasteiger partial charge in [0.2, 0.25) is 0 Å². The molecule has 2 aliphatic rings. The summed E-state index contributed by atoms with van der Waals surface area (Å²) < 4.78 is 0. The van der Waals surface area contributed by atoms with Gasteiger partial charge in [-0.05, 0) is 87.6 Å². The van der Waals surface area contributed by atoms with Crippen molar-refractivity contribution in [3.8, 4) is 0 Å². The highest BCUT2D eigenvalue weighted by Crippen LogP contribution is 2.39. The molecule has 1 aromatic rings. The van der Waals surface area contributed by atoms with Crippen LogP contribution in [0.4, 0.5) is 0 Å². The second kappa shape index (κ2) is 7.36. The van der Waals surface area contributed by atoms with Crippen LogP contribution >= 0.6 is 11.6 Å². The number of likely N-dealkylation sites (tertiary alicyclic amines) is 1. The lowest BCUT2D eigenvalue weighted by Gasteiger charge is -2.34. The van der Waals surface area contributed by atoms with Crippen molar-refractivity contribution in [3.63, 3.8) is 0 Å². The van der Waals surface area contributed by atoms with Crippen LogP contribution in [0.5, 0.6) is 0 Å². The van der Waals surface area contributed by atoms with Crippen LogP contribution in [0.25, 0.3) is 0 Å². The number of aryl methyl sites for hydroxylation is 1. The Balaban J connectivity index is 1.68. The number of hydrogen-bond acceptors (Lipinski definition) is 1. The molecule has 1 saturated carbocycles. The molecular weight excluding hydrogens is 290 g/mol. The molecule has 0 N–H and O–H groups in total. The molecule has 0 spiro atoms. The maximum Gasteiger partial charge on any atom is 0.0443 e. The third-order valence-electron chi connectivity index (χ3n) is 5.91. The summed E-state index contributed by atoms with van der Waals surface area (Å²) in [6.45, 7) is 7.24. The summed E-state index contributed by atoms with van der Waals surface area (Å²) in [5.74, 6) is 1.39. The molecule has 0 radical (unpaired) electrons. The largest absolute Gasteiger partial charge is 0.300 e. The van der Waals surface area contributed by atoms with E-state index in [0.717, 1.165) is 17.0 Å². The van der Waals surface area contributed by atoms with E-state index in [2.05, 4.69) is 36.9 Å². The van der Waals surface area contributed by atoms with Gasteiger partial charge >= 0.3 is 0 Å². The highest BCUT2D eigenvalue weighted by atomic mass is 35.5. The van der Waals surface area contributed by atoms with E-state index in [1.54, 1.807) is 0 Å². The van der Waals surface area contributed by atoms with Crippen molar-refractivity contribution in [3.05, 3.63) is 34.3 Å². The first-order chi connectivity index (χ1) is 10.6. The van der Waals surface area contributed by atoms with Gasteiger partial charge in [0.25, 0.3) is 0 Å². The van der Waals surface area contributed by atoms with Crippen LogP contribution in [0.1, 0.15) is 68.9 Å². The lowest BCUT2D eigenvalue weighted by molar-refractivity contribution is 0.184. The lowest BCUT2D eigenvalue weighted by atomic mass is 9.77. The van der Waals surface area contributed by atoms with Gasteiger partial charge in [0.15, 0.2) is 0 Å². The van der Waals surface area contributed by atoms with Gasteiger partial charge in [-0.1, -0.05) is 37.1 Å². The Morgan fingerprint density at radius 1 is 1.00 bits per heavy atom. The quantitative estimate of drug-likeness (QED) is 0.666. The van der Waals surface area contributed by atoms with Gasteiger partial charge in [0.1, 0.15) is 0 Å². The van der Waals surface area contributed by atoms with E-state index in [9.17, 15) is 0 Å². The fourth-order valence-electron chi connectivity index (χ4n) is 4.53. The molecule has 1 aromatic carbocycles. The minimum Gasteiger partial charge on any atom is -0.300 e. The molecule has 3 atom stereocenters. The zero-order valence-electron chi connectivity index (χ0n) is 14.2. The summed E-state index contributed by atoms with van der Waals surface area (Å²) in [5, 5.41) is 0.980. The molecule has 1 aliphatic carbocycles. The fourth-order valence-corrected chi connectivity index (χ4v) is 4.90. The second-order valence-electron chi connectivity index (χ2n) is 7.51. The predicted octanol–water partition coefficient (Wildman–Crippen LogP) is 5.80. The van der Waals surface area contributed by atoms with Crippen molar-refractivity contribution < 1.29 is 0 Å². The summed E-state index contributed by atoms with van der Waals surface area (Å²) in [7, 11) is 0. The van der Waals surface area contributed by atoms with Crippen molar-refractivity contribution in [2.45, 2.75) is 70.8 Å². The maximum absolute atomic E-state index is 6.55. The highest BCUT2D eigenvalue weighted by Gasteiger charge is 2.28. The zero-order valence-corrected chi connectivity index (χ0v) is 14.9. The molecule has 1 aliphatic heterocycles. The van der Waals surface area contributed by atoms with E-state index in [-0.39, 0.29) is 0 Å². The maximum atomic E-state index is 6.55. The SMILES string of the molecule is Cc1ccc(C2CCCC(N3CCCC3)CCC2C)c(Cl)c1. The minimum atomic E-state index is 0.646. The number of hydrogen-bond donors (Lipinski definition) is 0. The number of nitrogens with zero attached hydrogens (tertiary/aromatic N) is 1. The molecule has 1 nitrogen and oxygen atoms in total. The molecule has 0 amide bonds. The zero-order chi connectivity index (χ0) is 15.5. The Kier molecular flexibility index (Phi) is 5.46. The molecule has 3 rings (SSSR count). The Morgan fingerprint density at radius 3 is 2.50 bits per heavy atom. The van der Waals surface area contributed by atoms with E-state index in [1.165, 1.54) is 69.2 Å². The molecule has 3 unspecified atom stereocenters. The van der Waals surface area contributed by atoms with Crippen LogP contribution in [-0.2, 0) is 0 Å². The molecule has 0 bridgehead atoms. The average molecular weight is 320 g/mol. The van der Waals surface area contributed by atoms with E-state index < -0.39 is 0 Å². The first-order valence-corrected chi connectivity index (χ1v) is 9.53. The average Bonchev–Trinajstić information content (AvgIpc) is 2.99. The molecule has 0 aromatic heterocycles. The van der Waals surface area contributed by atoms with Crippen molar-refractivity contribution in [1.82, 2.24) is 4.90 Å². The summed E-state index contributed by atoms with van der Waals surface area (Å²) in [6.07, 6.45) is 9.57. The topological polar surface area (TPSA) is 3.24 Å². The van der Waals surface area contributed by atoms with Crippen LogP contribution in [0.2, 0.25) is 5.02 Å². The highest BCUT2D eigenvalue weighted by molar-refractivity contribution is 6.31. The fraction of sp³-hybridized carbons (Fsp3) is 0.700. The van der Waals surface area contributed by atoms with Gasteiger partial charge in [0.05, 0.1) is 0 Å². The van der Waals surface area contributed by atoms with Crippen molar-refractivity contribution in [2.75, 3.05) is 13.1 Å². The first-order valence-electron chi connectivity index (χ1n) is 9.15. The molecule has 2 heteroatoms. The summed E-state index contributed by atoms with van der Waals surface area (Å²) in [4.78, 5) is 2.76. The molecule has 2 fully saturated rings. The van der Waals surface area contributed by atoms with Crippen LogP contribution in [0, 0.1) is 12.8 Å². The van der Waals surface area contributed by atoms with Gasteiger partial charge in [-0.3, -0.25) is 0 Å². The second-order valence-corrected chi connectivity index (χ2v) is 7.92. The Morgan fingerprint density at radius 2 is 1.77 bits per heavy atom. The van der Waals surface area contributed by atoms with E-state index in [1.807, 2.05) is 0 Å². The molecule has 1 saturated heterocycles. The first kappa shape index (κ1) is 16.3. The van der Waals surface area contributed by atoms with E-state index >= 15 is 0 Å². The van der Waals surface area contributed by atoms with Gasteiger partial charge in [-0.15, -0.1) is 0 Å². The third kappa shape index (κ3) is 3.68. The van der Waals surface area contributed by atoms with E-state index in [0.29, 0.717) is 5.92 Å². The summed E-state index contributed by atoms with van der Waals surface area (Å²) >= 11 is 6.55. The normalized spacial score (nSPS) is 31.0. The molecule has 122 valence electrons. The lowest BCUT2D eigenvalue weighted by Crippen LogP contribution is -2.34. The van der Waals surface area contributed by atoms with Crippen LogP contribution in [-0.4, -0.2) is 24.0 Å². The Bertz CT molecular complexity index is 492. The minimum absolute atomic E-state index is 0.646. The van der Waals surface area contributed by atoms with Crippen LogP contribution < -0.4 is 0 Å². The smallest absolute Gasteiger partial charge is 0.0443 e. The summed E-state index contributed by atoms with van der Waals surface area (Å²) in [5.41, 5.74) is 2.65. The monoisotopic (exact) mass is 319 g/mol. The number of halogens is 1. The van der Waals surface area contributed by atoms with Gasteiger partial charge < -0.3 is 4.90 Å². The number of benzene rings is 1. The van der Waals surface area contributed by atoms with Crippen molar-refractivity contribution in [2.24, 2.45) is 5.92 Å². The van der Waals surface area contributed by atoms with Gasteiger partial charge in [0, 0.05) is 11.1 Å². The van der Waals surface area contributed by atoms with Crippen LogP contribution in [0.15, 0.2) is 18.2 Å². The van der Waals surface area contributed by atoms with Crippen LogP contribution in [0.3, 0.4) is 0 Å². The van der Waals surface area contributed by atoms with Crippen molar-refractivity contribution >= 4 is 11.6 Å². The van der Waals surface area contributed by atoms with Gasteiger partial charge in [-0.2, -0.15) is 0 Å². The molecule has 1 heterocycles.